The number of nitrogens with zero attached hydrogens (tertiary/aromatic N) is 2. The molecule has 0 spiro atoms. The van der Waals surface area contributed by atoms with Gasteiger partial charge in [0.05, 0.1) is 30.7 Å². The van der Waals surface area contributed by atoms with Crippen LogP contribution < -0.4 is 10.1 Å². The highest BCUT2D eigenvalue weighted by molar-refractivity contribution is 6.99. The first kappa shape index (κ1) is 14.0. The summed E-state index contributed by atoms with van der Waals surface area (Å²) in [5.74, 6) is 1.38. The lowest BCUT2D eigenvalue weighted by molar-refractivity contribution is 0.403. The van der Waals surface area contributed by atoms with E-state index < -0.39 is 0 Å². The number of aromatic nitrogens is 2. The molecule has 5 heteroatoms. The predicted octanol–water partition coefficient (Wildman–Crippen LogP) is 3.03. The summed E-state index contributed by atoms with van der Waals surface area (Å²) in [4.78, 5) is 0. The standard InChI is InChI=1S/C14H19N3OS/c1-10(2)14(15-8-12-9-16-19-17-12)11-4-6-13(18-3)7-5-11/h4-7,9-10,14-15H,8H2,1-3H3/t14-/m1/s1. The smallest absolute Gasteiger partial charge is 0.118 e. The predicted molar refractivity (Wildman–Crippen MR) is 77.3 cm³/mol. The summed E-state index contributed by atoms with van der Waals surface area (Å²) in [7, 11) is 1.68. The summed E-state index contributed by atoms with van der Waals surface area (Å²) in [6.07, 6.45) is 1.81. The van der Waals surface area contributed by atoms with Crippen LogP contribution in [0.4, 0.5) is 0 Å². The Balaban J connectivity index is 2.06. The number of benzene rings is 1. The minimum absolute atomic E-state index is 0.299. The number of methoxy groups -OCH3 is 1. The van der Waals surface area contributed by atoms with Gasteiger partial charge >= 0.3 is 0 Å². The van der Waals surface area contributed by atoms with E-state index in [1.807, 2.05) is 18.3 Å². The van der Waals surface area contributed by atoms with Crippen molar-refractivity contribution in [1.29, 1.82) is 0 Å². The van der Waals surface area contributed by atoms with Gasteiger partial charge in [-0.05, 0) is 23.6 Å². The molecule has 0 saturated carbocycles. The lowest BCUT2D eigenvalue weighted by Gasteiger charge is -2.22. The van der Waals surface area contributed by atoms with Crippen LogP contribution in [0.1, 0.15) is 31.1 Å². The van der Waals surface area contributed by atoms with Crippen LogP contribution >= 0.6 is 11.7 Å². The Kier molecular flexibility index (Phi) is 4.87. The summed E-state index contributed by atoms with van der Waals surface area (Å²) < 4.78 is 13.4. The maximum atomic E-state index is 5.19. The SMILES string of the molecule is COc1ccc([C@H](NCc2cnsn2)C(C)C)cc1. The molecule has 1 heterocycles. The summed E-state index contributed by atoms with van der Waals surface area (Å²) in [6, 6.07) is 8.51. The summed E-state index contributed by atoms with van der Waals surface area (Å²) in [6.45, 7) is 5.16. The van der Waals surface area contributed by atoms with Gasteiger partial charge in [0.1, 0.15) is 5.75 Å². The second-order valence-electron chi connectivity index (χ2n) is 4.77. The topological polar surface area (TPSA) is 47.0 Å². The van der Waals surface area contributed by atoms with Crippen LogP contribution in [0.3, 0.4) is 0 Å². The number of ether oxygens (including phenoxy) is 1. The quantitative estimate of drug-likeness (QED) is 0.881. The van der Waals surface area contributed by atoms with Crippen molar-refractivity contribution in [3.05, 3.63) is 41.7 Å². The highest BCUT2D eigenvalue weighted by Crippen LogP contribution is 2.24. The Hall–Kier alpha value is -1.46. The van der Waals surface area contributed by atoms with Gasteiger partial charge in [-0.1, -0.05) is 26.0 Å². The van der Waals surface area contributed by atoms with Crippen LogP contribution in [0.15, 0.2) is 30.5 Å². The Bertz CT molecular complexity index is 482. The van der Waals surface area contributed by atoms with Gasteiger partial charge in [0, 0.05) is 12.6 Å². The molecule has 0 bridgehead atoms. The molecule has 2 aromatic rings. The first-order chi connectivity index (χ1) is 9.20. The molecule has 0 amide bonds. The molecule has 2 rings (SSSR count). The first-order valence-corrected chi connectivity index (χ1v) is 7.07. The largest absolute Gasteiger partial charge is 0.497 e. The molecule has 1 aromatic heterocycles. The fourth-order valence-electron chi connectivity index (χ4n) is 2.03. The van der Waals surface area contributed by atoms with Crippen LogP contribution in [-0.2, 0) is 6.54 Å². The van der Waals surface area contributed by atoms with Gasteiger partial charge in [-0.2, -0.15) is 8.75 Å². The van der Waals surface area contributed by atoms with E-state index in [4.69, 9.17) is 4.74 Å². The third kappa shape index (κ3) is 3.75. The van der Waals surface area contributed by atoms with E-state index >= 15 is 0 Å². The van der Waals surface area contributed by atoms with E-state index in [9.17, 15) is 0 Å². The molecular weight excluding hydrogens is 258 g/mol. The Morgan fingerprint density at radius 2 is 2.00 bits per heavy atom. The molecule has 0 aliphatic heterocycles. The zero-order valence-electron chi connectivity index (χ0n) is 11.5. The van der Waals surface area contributed by atoms with Crippen molar-refractivity contribution in [2.75, 3.05) is 7.11 Å². The Morgan fingerprint density at radius 1 is 1.26 bits per heavy atom. The van der Waals surface area contributed by atoms with Crippen LogP contribution in [0, 0.1) is 5.92 Å². The summed E-state index contributed by atoms with van der Waals surface area (Å²) >= 11 is 1.24. The van der Waals surface area contributed by atoms with Gasteiger partial charge in [0.25, 0.3) is 0 Å². The van der Waals surface area contributed by atoms with Crippen LogP contribution in [0.5, 0.6) is 5.75 Å². The molecule has 102 valence electrons. The third-order valence-electron chi connectivity index (χ3n) is 3.05. The summed E-state index contributed by atoms with van der Waals surface area (Å²) in [5.41, 5.74) is 2.25. The lowest BCUT2D eigenvalue weighted by Crippen LogP contribution is -2.25. The van der Waals surface area contributed by atoms with E-state index in [0.29, 0.717) is 12.0 Å². The van der Waals surface area contributed by atoms with E-state index in [2.05, 4.69) is 40.0 Å². The zero-order chi connectivity index (χ0) is 13.7. The van der Waals surface area contributed by atoms with Crippen molar-refractivity contribution in [3.63, 3.8) is 0 Å². The van der Waals surface area contributed by atoms with Crippen LogP contribution in [-0.4, -0.2) is 15.9 Å². The minimum atomic E-state index is 0.299. The highest BCUT2D eigenvalue weighted by Gasteiger charge is 2.15. The molecule has 0 fully saturated rings. The molecule has 1 atom stereocenters. The first-order valence-electron chi connectivity index (χ1n) is 6.34. The molecule has 0 radical (unpaired) electrons. The number of hydrogen-bond acceptors (Lipinski definition) is 5. The number of hydrogen-bond donors (Lipinski definition) is 1. The molecule has 1 aromatic carbocycles. The maximum Gasteiger partial charge on any atom is 0.118 e. The number of rotatable bonds is 6. The Labute approximate surface area is 118 Å². The average Bonchev–Trinajstić information content (AvgIpc) is 2.92. The molecule has 4 nitrogen and oxygen atoms in total. The van der Waals surface area contributed by atoms with Crippen molar-refractivity contribution >= 4 is 11.7 Å². The van der Waals surface area contributed by atoms with Crippen molar-refractivity contribution in [2.24, 2.45) is 5.92 Å². The zero-order valence-corrected chi connectivity index (χ0v) is 12.3. The fourth-order valence-corrected chi connectivity index (χ4v) is 2.46. The van der Waals surface area contributed by atoms with Gasteiger partial charge in [-0.15, -0.1) is 0 Å². The van der Waals surface area contributed by atoms with Crippen molar-refractivity contribution in [1.82, 2.24) is 14.1 Å². The van der Waals surface area contributed by atoms with E-state index in [1.165, 1.54) is 17.3 Å². The monoisotopic (exact) mass is 277 g/mol. The molecular formula is C14H19N3OS. The van der Waals surface area contributed by atoms with Crippen LogP contribution in [0.25, 0.3) is 0 Å². The van der Waals surface area contributed by atoms with Gasteiger partial charge in [-0.25, -0.2) is 0 Å². The second kappa shape index (κ2) is 6.63. The third-order valence-corrected chi connectivity index (χ3v) is 3.57. The average molecular weight is 277 g/mol. The van der Waals surface area contributed by atoms with E-state index in [1.54, 1.807) is 7.11 Å². The highest BCUT2D eigenvalue weighted by atomic mass is 32.1. The van der Waals surface area contributed by atoms with Crippen LogP contribution in [0.2, 0.25) is 0 Å². The van der Waals surface area contributed by atoms with E-state index in [0.717, 1.165) is 18.0 Å². The van der Waals surface area contributed by atoms with E-state index in [-0.39, 0.29) is 0 Å². The summed E-state index contributed by atoms with van der Waals surface area (Å²) in [5, 5.41) is 3.54. The maximum absolute atomic E-state index is 5.19. The molecule has 19 heavy (non-hydrogen) atoms. The van der Waals surface area contributed by atoms with Crippen molar-refractivity contribution in [2.45, 2.75) is 26.4 Å². The molecule has 1 N–H and O–H groups in total. The molecule has 0 aliphatic carbocycles. The van der Waals surface area contributed by atoms with Gasteiger partial charge in [0.2, 0.25) is 0 Å². The molecule has 0 saturated heterocycles. The second-order valence-corrected chi connectivity index (χ2v) is 5.33. The number of nitrogens with one attached hydrogen (secondary N) is 1. The van der Waals surface area contributed by atoms with Gasteiger partial charge in [0.15, 0.2) is 0 Å². The van der Waals surface area contributed by atoms with Gasteiger partial charge in [-0.3, -0.25) is 0 Å². The lowest BCUT2D eigenvalue weighted by atomic mass is 9.96. The van der Waals surface area contributed by atoms with Gasteiger partial charge < -0.3 is 10.1 Å². The fraction of sp³-hybridized carbons (Fsp3) is 0.429. The minimum Gasteiger partial charge on any atom is -0.497 e. The molecule has 0 unspecified atom stereocenters. The Morgan fingerprint density at radius 3 is 2.53 bits per heavy atom. The van der Waals surface area contributed by atoms with Crippen molar-refractivity contribution < 1.29 is 4.74 Å². The van der Waals surface area contributed by atoms with Crippen molar-refractivity contribution in [3.8, 4) is 5.75 Å². The molecule has 0 aliphatic rings. The normalized spacial score (nSPS) is 12.6.